The Labute approximate surface area is 136 Å². The minimum Gasteiger partial charge on any atom is -0.493 e. The summed E-state index contributed by atoms with van der Waals surface area (Å²) in [4.78, 5) is 11.7. The van der Waals surface area contributed by atoms with Crippen molar-refractivity contribution in [3.63, 3.8) is 0 Å². The van der Waals surface area contributed by atoms with E-state index in [1.807, 2.05) is 6.92 Å². The smallest absolute Gasteiger partial charge is 0.132 e. The Kier molecular flexibility index (Phi) is 7.64. The number of carbonyl (C=O) groups excluding carboxylic acids is 1. The van der Waals surface area contributed by atoms with Crippen LogP contribution in [0.2, 0.25) is 0 Å². The van der Waals surface area contributed by atoms with Crippen molar-refractivity contribution in [1.82, 2.24) is 0 Å². The maximum Gasteiger partial charge on any atom is 0.132 e. The Bertz CT molecular complexity index is 503. The summed E-state index contributed by atoms with van der Waals surface area (Å²) >= 11 is 0. The lowest BCUT2D eigenvalue weighted by molar-refractivity contribution is -0.118. The van der Waals surface area contributed by atoms with E-state index in [9.17, 15) is 4.79 Å². The number of rotatable bonds is 9. The highest BCUT2D eigenvalue weighted by Gasteiger charge is 2.19. The first kappa shape index (κ1) is 18.7. The van der Waals surface area contributed by atoms with Gasteiger partial charge in [0, 0.05) is 12.8 Å². The molecule has 0 saturated heterocycles. The lowest BCUT2D eigenvalue weighted by atomic mass is 9.83. The van der Waals surface area contributed by atoms with Gasteiger partial charge in [-0.1, -0.05) is 20.8 Å². The third kappa shape index (κ3) is 4.59. The largest absolute Gasteiger partial charge is 0.493 e. The van der Waals surface area contributed by atoms with Crippen LogP contribution < -0.4 is 4.74 Å². The highest BCUT2D eigenvalue weighted by atomic mass is 16.5. The fourth-order valence-corrected chi connectivity index (χ4v) is 3.12. The number of hydrogen-bond donors (Lipinski definition) is 0. The van der Waals surface area contributed by atoms with Crippen LogP contribution in [-0.4, -0.2) is 12.4 Å². The third-order valence-corrected chi connectivity index (χ3v) is 4.64. The summed E-state index contributed by atoms with van der Waals surface area (Å²) in [5.41, 5.74) is 5.30. The zero-order valence-electron chi connectivity index (χ0n) is 15.2. The van der Waals surface area contributed by atoms with Gasteiger partial charge in [-0.2, -0.15) is 0 Å². The molecule has 0 heterocycles. The predicted molar refractivity (Wildman–Crippen MR) is 94.0 cm³/mol. The molecule has 124 valence electrons. The SMILES string of the molecule is CCCOc1cc(C)c(C(CC)CCC(=O)CC)c(C)c1C. The summed E-state index contributed by atoms with van der Waals surface area (Å²) in [6, 6.07) is 2.18. The zero-order valence-corrected chi connectivity index (χ0v) is 15.2. The molecule has 22 heavy (non-hydrogen) atoms. The van der Waals surface area contributed by atoms with Gasteiger partial charge in [-0.15, -0.1) is 0 Å². The van der Waals surface area contributed by atoms with Crippen LogP contribution in [0.3, 0.4) is 0 Å². The fourth-order valence-electron chi connectivity index (χ4n) is 3.12. The van der Waals surface area contributed by atoms with Crippen LogP contribution in [-0.2, 0) is 4.79 Å². The molecule has 0 bridgehead atoms. The van der Waals surface area contributed by atoms with Crippen molar-refractivity contribution in [3.05, 3.63) is 28.3 Å². The molecule has 0 aliphatic rings. The van der Waals surface area contributed by atoms with Gasteiger partial charge < -0.3 is 4.74 Å². The molecule has 0 aromatic heterocycles. The number of hydrogen-bond acceptors (Lipinski definition) is 2. The summed E-state index contributed by atoms with van der Waals surface area (Å²) in [6.45, 7) is 13.6. The summed E-state index contributed by atoms with van der Waals surface area (Å²) in [5.74, 6) is 1.85. The van der Waals surface area contributed by atoms with Gasteiger partial charge in [0.1, 0.15) is 11.5 Å². The van der Waals surface area contributed by atoms with Crippen LogP contribution in [0.5, 0.6) is 5.75 Å². The van der Waals surface area contributed by atoms with Crippen molar-refractivity contribution in [3.8, 4) is 5.75 Å². The lowest BCUT2D eigenvalue weighted by Crippen LogP contribution is -2.09. The van der Waals surface area contributed by atoms with Crippen molar-refractivity contribution in [2.75, 3.05) is 6.61 Å². The molecular formula is C20H32O2. The van der Waals surface area contributed by atoms with Crippen molar-refractivity contribution in [2.24, 2.45) is 0 Å². The van der Waals surface area contributed by atoms with Gasteiger partial charge in [0.05, 0.1) is 6.61 Å². The van der Waals surface area contributed by atoms with E-state index < -0.39 is 0 Å². The van der Waals surface area contributed by atoms with Gasteiger partial charge >= 0.3 is 0 Å². The van der Waals surface area contributed by atoms with E-state index in [0.29, 0.717) is 24.5 Å². The monoisotopic (exact) mass is 304 g/mol. The molecule has 2 nitrogen and oxygen atoms in total. The van der Waals surface area contributed by atoms with Crippen molar-refractivity contribution >= 4 is 5.78 Å². The Morgan fingerprint density at radius 2 is 1.82 bits per heavy atom. The maximum atomic E-state index is 11.7. The van der Waals surface area contributed by atoms with Gasteiger partial charge in [-0.25, -0.2) is 0 Å². The molecule has 1 rings (SSSR count). The maximum absolute atomic E-state index is 11.7. The minimum absolute atomic E-state index is 0.369. The first-order chi connectivity index (χ1) is 10.5. The highest BCUT2D eigenvalue weighted by Crippen LogP contribution is 2.36. The average molecular weight is 304 g/mol. The third-order valence-electron chi connectivity index (χ3n) is 4.64. The van der Waals surface area contributed by atoms with Gasteiger partial charge in [0.15, 0.2) is 0 Å². The molecule has 0 spiro atoms. The molecule has 2 heteroatoms. The van der Waals surface area contributed by atoms with Crippen LogP contribution >= 0.6 is 0 Å². The predicted octanol–water partition coefficient (Wildman–Crippen LogP) is 5.65. The van der Waals surface area contributed by atoms with Gasteiger partial charge in [0.2, 0.25) is 0 Å². The van der Waals surface area contributed by atoms with E-state index in [0.717, 1.165) is 31.6 Å². The molecule has 1 aromatic carbocycles. The van der Waals surface area contributed by atoms with Crippen LogP contribution in [0.4, 0.5) is 0 Å². The van der Waals surface area contributed by atoms with Gasteiger partial charge in [-0.05, 0) is 74.3 Å². The van der Waals surface area contributed by atoms with E-state index in [1.54, 1.807) is 0 Å². The second-order valence-electron chi connectivity index (χ2n) is 6.24. The molecule has 1 atom stereocenters. The number of carbonyl (C=O) groups is 1. The van der Waals surface area contributed by atoms with Crippen LogP contribution in [0.25, 0.3) is 0 Å². The van der Waals surface area contributed by atoms with E-state index in [1.165, 1.54) is 22.3 Å². The van der Waals surface area contributed by atoms with Gasteiger partial charge in [0.25, 0.3) is 0 Å². The average Bonchev–Trinajstić information content (AvgIpc) is 2.52. The quantitative estimate of drug-likeness (QED) is 0.589. The molecule has 0 aliphatic heterocycles. The normalized spacial score (nSPS) is 12.3. The number of benzene rings is 1. The number of ketones is 1. The summed E-state index contributed by atoms with van der Waals surface area (Å²) in [5, 5.41) is 0. The zero-order chi connectivity index (χ0) is 16.7. The van der Waals surface area contributed by atoms with Crippen molar-refractivity contribution < 1.29 is 9.53 Å². The van der Waals surface area contributed by atoms with Crippen molar-refractivity contribution in [2.45, 2.75) is 79.6 Å². The number of aryl methyl sites for hydroxylation is 1. The first-order valence-electron chi connectivity index (χ1n) is 8.71. The Balaban J connectivity index is 3.06. The number of ether oxygens (including phenoxy) is 1. The Morgan fingerprint density at radius 3 is 2.36 bits per heavy atom. The minimum atomic E-state index is 0.369. The molecular weight excluding hydrogens is 272 g/mol. The van der Waals surface area contributed by atoms with Crippen LogP contribution in [0.15, 0.2) is 6.07 Å². The van der Waals surface area contributed by atoms with E-state index in [-0.39, 0.29) is 0 Å². The van der Waals surface area contributed by atoms with E-state index >= 15 is 0 Å². The Morgan fingerprint density at radius 1 is 1.14 bits per heavy atom. The van der Waals surface area contributed by atoms with E-state index in [2.05, 4.69) is 40.7 Å². The summed E-state index contributed by atoms with van der Waals surface area (Å²) < 4.78 is 5.88. The molecule has 0 aliphatic carbocycles. The molecule has 0 amide bonds. The number of Topliss-reactive ketones (excluding diaryl/α,β-unsaturated/α-hetero) is 1. The lowest BCUT2D eigenvalue weighted by Gasteiger charge is -2.23. The van der Waals surface area contributed by atoms with E-state index in [4.69, 9.17) is 4.74 Å². The molecule has 1 unspecified atom stereocenters. The van der Waals surface area contributed by atoms with Crippen LogP contribution in [0.1, 0.15) is 81.0 Å². The summed E-state index contributed by atoms with van der Waals surface area (Å²) in [7, 11) is 0. The molecule has 0 N–H and O–H groups in total. The summed E-state index contributed by atoms with van der Waals surface area (Å²) in [6.07, 6.45) is 4.40. The Hall–Kier alpha value is -1.31. The molecule has 0 radical (unpaired) electrons. The second kappa shape index (κ2) is 8.97. The molecule has 1 aromatic rings. The highest BCUT2D eigenvalue weighted by molar-refractivity contribution is 5.78. The second-order valence-corrected chi connectivity index (χ2v) is 6.24. The standard InChI is InChI=1S/C20H32O2/c1-7-12-22-19-13-14(4)20(16(6)15(19)5)17(8-2)10-11-18(21)9-3/h13,17H,7-12H2,1-6H3. The van der Waals surface area contributed by atoms with Gasteiger partial charge in [-0.3, -0.25) is 4.79 Å². The topological polar surface area (TPSA) is 26.3 Å². The first-order valence-corrected chi connectivity index (χ1v) is 8.71. The molecule has 0 saturated carbocycles. The van der Waals surface area contributed by atoms with Crippen molar-refractivity contribution in [1.29, 1.82) is 0 Å². The molecule has 0 fully saturated rings. The fraction of sp³-hybridized carbons (Fsp3) is 0.650. The van der Waals surface area contributed by atoms with Crippen LogP contribution in [0, 0.1) is 20.8 Å².